The number of ether oxygens (including phenoxy) is 1. The number of hydrogen-bond donors (Lipinski definition) is 1. The lowest BCUT2D eigenvalue weighted by atomic mass is 10.0. The summed E-state index contributed by atoms with van der Waals surface area (Å²) >= 11 is 0. The summed E-state index contributed by atoms with van der Waals surface area (Å²) in [5.74, 6) is 2.31. The van der Waals surface area contributed by atoms with E-state index in [1.54, 1.807) is 7.11 Å². The highest BCUT2D eigenvalue weighted by Crippen LogP contribution is 2.42. The molecule has 1 N–H and O–H groups in total. The zero-order chi connectivity index (χ0) is 10.8. The maximum Gasteiger partial charge on any atom is 0.119 e. The Kier molecular flexibility index (Phi) is 2.96. The third-order valence-corrected chi connectivity index (χ3v) is 3.35. The summed E-state index contributed by atoms with van der Waals surface area (Å²) in [5.41, 5.74) is 2.97. The first kappa shape index (κ1) is 10.5. The van der Waals surface area contributed by atoms with Gasteiger partial charge in [-0.3, -0.25) is 0 Å². The predicted molar refractivity (Wildman–Crippen MR) is 62.7 cm³/mol. The molecule has 0 amide bonds. The SMILES string of the molecule is CNCC1CC(C)c2cc(OC)ccc21. The highest BCUT2D eigenvalue weighted by atomic mass is 16.5. The van der Waals surface area contributed by atoms with E-state index in [0.29, 0.717) is 11.8 Å². The van der Waals surface area contributed by atoms with Gasteiger partial charge in [0.2, 0.25) is 0 Å². The second-order valence-electron chi connectivity index (χ2n) is 4.39. The molecule has 1 aliphatic rings. The van der Waals surface area contributed by atoms with Crippen LogP contribution in [-0.4, -0.2) is 20.7 Å². The Bertz CT molecular complexity index is 348. The first-order chi connectivity index (χ1) is 7.26. The molecule has 0 spiro atoms. The second-order valence-corrected chi connectivity index (χ2v) is 4.39. The van der Waals surface area contributed by atoms with Crippen molar-refractivity contribution in [2.24, 2.45) is 0 Å². The van der Waals surface area contributed by atoms with Crippen molar-refractivity contribution in [3.05, 3.63) is 29.3 Å². The van der Waals surface area contributed by atoms with Crippen LogP contribution in [0.25, 0.3) is 0 Å². The van der Waals surface area contributed by atoms with Crippen LogP contribution in [0.4, 0.5) is 0 Å². The van der Waals surface area contributed by atoms with E-state index in [0.717, 1.165) is 12.3 Å². The van der Waals surface area contributed by atoms with Crippen LogP contribution in [0.5, 0.6) is 5.75 Å². The van der Waals surface area contributed by atoms with Crippen molar-refractivity contribution in [3.8, 4) is 5.75 Å². The zero-order valence-electron chi connectivity index (χ0n) is 9.71. The molecule has 0 aromatic heterocycles. The average molecular weight is 205 g/mol. The van der Waals surface area contributed by atoms with Crippen LogP contribution in [-0.2, 0) is 0 Å². The number of nitrogens with one attached hydrogen (secondary N) is 1. The molecular formula is C13H19NO. The molecule has 2 heteroatoms. The van der Waals surface area contributed by atoms with E-state index >= 15 is 0 Å². The average Bonchev–Trinajstić information content (AvgIpc) is 2.56. The van der Waals surface area contributed by atoms with E-state index in [4.69, 9.17) is 4.74 Å². The minimum atomic E-state index is 0.661. The van der Waals surface area contributed by atoms with Crippen LogP contribution in [0.1, 0.15) is 36.3 Å². The number of fused-ring (bicyclic) bond motifs is 1. The van der Waals surface area contributed by atoms with E-state index in [1.807, 2.05) is 7.05 Å². The molecule has 0 saturated carbocycles. The molecule has 0 aliphatic heterocycles. The maximum atomic E-state index is 5.27. The number of hydrogen-bond acceptors (Lipinski definition) is 2. The topological polar surface area (TPSA) is 21.3 Å². The Labute approximate surface area is 91.6 Å². The predicted octanol–water partition coefficient (Wildman–Crippen LogP) is 2.51. The Morgan fingerprint density at radius 1 is 1.40 bits per heavy atom. The van der Waals surface area contributed by atoms with Gasteiger partial charge in [-0.15, -0.1) is 0 Å². The Morgan fingerprint density at radius 3 is 2.87 bits per heavy atom. The third-order valence-electron chi connectivity index (χ3n) is 3.35. The van der Waals surface area contributed by atoms with Crippen LogP contribution in [0, 0.1) is 0 Å². The Balaban J connectivity index is 2.32. The molecule has 0 saturated heterocycles. The highest BCUT2D eigenvalue weighted by molar-refractivity contribution is 5.43. The van der Waals surface area contributed by atoms with E-state index < -0.39 is 0 Å². The lowest BCUT2D eigenvalue weighted by Gasteiger charge is -2.10. The quantitative estimate of drug-likeness (QED) is 0.818. The first-order valence-electron chi connectivity index (χ1n) is 5.58. The van der Waals surface area contributed by atoms with Gasteiger partial charge in [0.25, 0.3) is 0 Å². The molecule has 1 aromatic rings. The van der Waals surface area contributed by atoms with Crippen LogP contribution >= 0.6 is 0 Å². The molecule has 2 atom stereocenters. The minimum Gasteiger partial charge on any atom is -0.497 e. The van der Waals surface area contributed by atoms with Gasteiger partial charge in [-0.1, -0.05) is 13.0 Å². The van der Waals surface area contributed by atoms with E-state index in [1.165, 1.54) is 17.5 Å². The van der Waals surface area contributed by atoms with Crippen molar-refractivity contribution in [1.82, 2.24) is 5.32 Å². The van der Waals surface area contributed by atoms with Gasteiger partial charge in [-0.05, 0) is 48.6 Å². The standard InChI is InChI=1S/C13H19NO/c1-9-6-10(8-14-2)12-5-4-11(15-3)7-13(9)12/h4-5,7,9-10,14H,6,8H2,1-3H3. The van der Waals surface area contributed by atoms with Gasteiger partial charge < -0.3 is 10.1 Å². The summed E-state index contributed by atoms with van der Waals surface area (Å²) in [6.45, 7) is 3.37. The third kappa shape index (κ3) is 1.86. The van der Waals surface area contributed by atoms with Crippen molar-refractivity contribution >= 4 is 0 Å². The molecule has 0 radical (unpaired) electrons. The molecule has 0 bridgehead atoms. The summed E-state index contributed by atoms with van der Waals surface area (Å²) in [4.78, 5) is 0. The van der Waals surface area contributed by atoms with Crippen LogP contribution < -0.4 is 10.1 Å². The maximum absolute atomic E-state index is 5.27. The molecule has 0 heterocycles. The molecule has 82 valence electrons. The van der Waals surface area contributed by atoms with Gasteiger partial charge in [0.15, 0.2) is 0 Å². The monoisotopic (exact) mass is 205 g/mol. The molecule has 1 aliphatic carbocycles. The summed E-state index contributed by atoms with van der Waals surface area (Å²) < 4.78 is 5.27. The number of methoxy groups -OCH3 is 1. The van der Waals surface area contributed by atoms with Gasteiger partial charge in [-0.2, -0.15) is 0 Å². The van der Waals surface area contributed by atoms with Crippen molar-refractivity contribution < 1.29 is 4.74 Å². The summed E-state index contributed by atoms with van der Waals surface area (Å²) in [7, 11) is 3.75. The molecule has 1 aromatic carbocycles. The van der Waals surface area contributed by atoms with Crippen molar-refractivity contribution in [2.75, 3.05) is 20.7 Å². The molecular weight excluding hydrogens is 186 g/mol. The molecule has 2 unspecified atom stereocenters. The lowest BCUT2D eigenvalue weighted by molar-refractivity contribution is 0.414. The Hall–Kier alpha value is -1.02. The summed E-state index contributed by atoms with van der Waals surface area (Å²) in [5, 5.41) is 3.27. The van der Waals surface area contributed by atoms with Crippen molar-refractivity contribution in [1.29, 1.82) is 0 Å². The van der Waals surface area contributed by atoms with E-state index in [2.05, 4.69) is 30.4 Å². The second kappa shape index (κ2) is 4.23. The zero-order valence-corrected chi connectivity index (χ0v) is 9.71. The van der Waals surface area contributed by atoms with Crippen LogP contribution in [0.15, 0.2) is 18.2 Å². The van der Waals surface area contributed by atoms with Gasteiger partial charge >= 0.3 is 0 Å². The fourth-order valence-electron chi connectivity index (χ4n) is 2.60. The smallest absolute Gasteiger partial charge is 0.119 e. The lowest BCUT2D eigenvalue weighted by Crippen LogP contribution is -2.15. The van der Waals surface area contributed by atoms with Crippen molar-refractivity contribution in [3.63, 3.8) is 0 Å². The van der Waals surface area contributed by atoms with Gasteiger partial charge in [-0.25, -0.2) is 0 Å². The minimum absolute atomic E-state index is 0.661. The summed E-state index contributed by atoms with van der Waals surface area (Å²) in [6.07, 6.45) is 1.25. The largest absolute Gasteiger partial charge is 0.497 e. The molecule has 0 fully saturated rings. The van der Waals surface area contributed by atoms with Gasteiger partial charge in [0.1, 0.15) is 5.75 Å². The number of benzene rings is 1. The fraction of sp³-hybridized carbons (Fsp3) is 0.538. The van der Waals surface area contributed by atoms with Crippen molar-refractivity contribution in [2.45, 2.75) is 25.2 Å². The van der Waals surface area contributed by atoms with E-state index in [9.17, 15) is 0 Å². The number of rotatable bonds is 3. The van der Waals surface area contributed by atoms with Gasteiger partial charge in [0.05, 0.1) is 7.11 Å². The first-order valence-corrected chi connectivity index (χ1v) is 5.58. The molecule has 15 heavy (non-hydrogen) atoms. The summed E-state index contributed by atoms with van der Waals surface area (Å²) in [6, 6.07) is 6.48. The fourth-order valence-corrected chi connectivity index (χ4v) is 2.60. The molecule has 2 rings (SSSR count). The highest BCUT2D eigenvalue weighted by Gasteiger charge is 2.27. The Morgan fingerprint density at radius 2 is 2.20 bits per heavy atom. The normalized spacial score (nSPS) is 23.9. The van der Waals surface area contributed by atoms with Gasteiger partial charge in [0, 0.05) is 6.54 Å². The van der Waals surface area contributed by atoms with Crippen LogP contribution in [0.2, 0.25) is 0 Å². The van der Waals surface area contributed by atoms with Crippen LogP contribution in [0.3, 0.4) is 0 Å². The number of likely N-dealkylation sites (N-methyl/N-ethyl adjacent to an activating group) is 1. The van der Waals surface area contributed by atoms with E-state index in [-0.39, 0.29) is 0 Å². The molecule has 2 nitrogen and oxygen atoms in total.